The lowest BCUT2D eigenvalue weighted by atomic mass is 9.91. The fourth-order valence-electron chi connectivity index (χ4n) is 3.78. The molecule has 5 N–H and O–H groups in total. The van der Waals surface area contributed by atoms with Gasteiger partial charge in [-0.05, 0) is 51.4 Å². The number of carbonyl (C=O) groups is 1. The van der Waals surface area contributed by atoms with Gasteiger partial charge in [0.2, 0.25) is 18.1 Å². The standard InChI is InChI=1S/C25H33FN8O3/c1-25(23(35)28-11-9-27)14-36-22(37-15-25)21-32-19(16-4-6-17(26)7-5-16)20(33-21)18-8-10-29-24(31-18)30-12-13-34(2)3/h4-8,10,22H,9,11-15,27H2,1-3H3,(H,28,35)(H,32,33)(H,29,30,31). The number of imidazole rings is 1. The lowest BCUT2D eigenvalue weighted by molar-refractivity contribution is -0.231. The van der Waals surface area contributed by atoms with Crippen LogP contribution in [0.2, 0.25) is 0 Å². The minimum absolute atomic E-state index is 0.142. The first-order valence-corrected chi connectivity index (χ1v) is 12.1. The summed E-state index contributed by atoms with van der Waals surface area (Å²) in [6, 6.07) is 7.82. The Hall–Kier alpha value is -3.45. The number of nitrogens with one attached hydrogen (secondary N) is 3. The molecule has 3 heterocycles. The van der Waals surface area contributed by atoms with Crippen LogP contribution in [0, 0.1) is 11.2 Å². The van der Waals surface area contributed by atoms with Crippen LogP contribution < -0.4 is 16.4 Å². The number of carbonyl (C=O) groups excluding carboxylic acids is 1. The molecule has 1 amide bonds. The molecule has 0 saturated carbocycles. The average molecular weight is 513 g/mol. The van der Waals surface area contributed by atoms with Crippen LogP contribution >= 0.6 is 0 Å². The molecular formula is C25H33FN8O3. The van der Waals surface area contributed by atoms with E-state index in [0.717, 1.165) is 6.54 Å². The molecule has 1 fully saturated rings. The van der Waals surface area contributed by atoms with Crippen LogP contribution in [0.5, 0.6) is 0 Å². The number of rotatable bonds is 10. The fraction of sp³-hybridized carbons (Fsp3) is 0.440. The summed E-state index contributed by atoms with van der Waals surface area (Å²) in [6.45, 7) is 4.29. The van der Waals surface area contributed by atoms with E-state index >= 15 is 0 Å². The zero-order valence-corrected chi connectivity index (χ0v) is 21.3. The van der Waals surface area contributed by atoms with Gasteiger partial charge in [-0.15, -0.1) is 0 Å². The number of aromatic amines is 1. The zero-order chi connectivity index (χ0) is 26.4. The van der Waals surface area contributed by atoms with Crippen molar-refractivity contribution in [3.63, 3.8) is 0 Å². The van der Waals surface area contributed by atoms with Crippen LogP contribution in [-0.4, -0.2) is 84.2 Å². The molecule has 4 rings (SSSR count). The van der Waals surface area contributed by atoms with Gasteiger partial charge in [-0.25, -0.2) is 19.3 Å². The predicted molar refractivity (Wildman–Crippen MR) is 137 cm³/mol. The summed E-state index contributed by atoms with van der Waals surface area (Å²) in [5.41, 5.74) is 7.11. The summed E-state index contributed by atoms with van der Waals surface area (Å²) in [7, 11) is 3.98. The molecule has 198 valence electrons. The van der Waals surface area contributed by atoms with Crippen LogP contribution in [-0.2, 0) is 14.3 Å². The number of likely N-dealkylation sites (N-methyl/N-ethyl adjacent to an activating group) is 1. The number of anilines is 1. The summed E-state index contributed by atoms with van der Waals surface area (Å²) < 4.78 is 25.5. The first-order valence-electron chi connectivity index (χ1n) is 12.1. The Kier molecular flexibility index (Phi) is 8.44. The first-order chi connectivity index (χ1) is 17.8. The van der Waals surface area contributed by atoms with Crippen molar-refractivity contribution in [1.82, 2.24) is 30.2 Å². The van der Waals surface area contributed by atoms with Gasteiger partial charge in [0.25, 0.3) is 0 Å². The summed E-state index contributed by atoms with van der Waals surface area (Å²) in [5, 5.41) is 6.00. The summed E-state index contributed by atoms with van der Waals surface area (Å²) in [4.78, 5) is 31.5. The van der Waals surface area contributed by atoms with E-state index in [-0.39, 0.29) is 24.9 Å². The highest BCUT2D eigenvalue weighted by molar-refractivity contribution is 5.82. The number of halogens is 1. The van der Waals surface area contributed by atoms with Gasteiger partial charge < -0.3 is 35.7 Å². The third-order valence-electron chi connectivity index (χ3n) is 5.90. The molecule has 0 spiro atoms. The Morgan fingerprint density at radius 3 is 2.59 bits per heavy atom. The monoisotopic (exact) mass is 512 g/mol. The van der Waals surface area contributed by atoms with Gasteiger partial charge in [-0.1, -0.05) is 0 Å². The topological polar surface area (TPSA) is 143 Å². The fourth-order valence-corrected chi connectivity index (χ4v) is 3.78. The van der Waals surface area contributed by atoms with E-state index in [1.54, 1.807) is 31.3 Å². The van der Waals surface area contributed by atoms with Crippen LogP contribution in [0.15, 0.2) is 36.5 Å². The molecule has 1 saturated heterocycles. The Morgan fingerprint density at radius 2 is 1.92 bits per heavy atom. The van der Waals surface area contributed by atoms with Crippen molar-refractivity contribution in [3.8, 4) is 22.6 Å². The molecular weight excluding hydrogens is 479 g/mol. The van der Waals surface area contributed by atoms with E-state index in [4.69, 9.17) is 20.2 Å². The SMILES string of the molecule is CN(C)CCNc1nccc(-c2[nH]c(C3OCC(C)(C(=O)NCCN)CO3)nc2-c2ccc(F)cc2)n1. The molecule has 0 radical (unpaired) electrons. The number of H-pyrrole nitrogens is 1. The normalized spacial score (nSPS) is 19.7. The third-order valence-corrected chi connectivity index (χ3v) is 5.90. The predicted octanol–water partition coefficient (Wildman–Crippen LogP) is 1.77. The molecule has 0 bridgehead atoms. The highest BCUT2D eigenvalue weighted by Crippen LogP contribution is 2.35. The Labute approximate surface area is 215 Å². The molecule has 11 nitrogen and oxygen atoms in total. The second-order valence-electron chi connectivity index (χ2n) is 9.41. The molecule has 1 aromatic carbocycles. The number of amides is 1. The second kappa shape index (κ2) is 11.7. The van der Waals surface area contributed by atoms with Crippen molar-refractivity contribution in [1.29, 1.82) is 0 Å². The molecule has 2 aromatic heterocycles. The lowest BCUT2D eigenvalue weighted by Gasteiger charge is -2.35. The Morgan fingerprint density at radius 1 is 1.19 bits per heavy atom. The summed E-state index contributed by atoms with van der Waals surface area (Å²) >= 11 is 0. The molecule has 37 heavy (non-hydrogen) atoms. The van der Waals surface area contributed by atoms with Gasteiger partial charge in [-0.2, -0.15) is 0 Å². The van der Waals surface area contributed by atoms with Crippen molar-refractivity contribution in [3.05, 3.63) is 48.2 Å². The van der Waals surface area contributed by atoms with Crippen molar-refractivity contribution < 1.29 is 18.7 Å². The smallest absolute Gasteiger partial charge is 0.230 e. The van der Waals surface area contributed by atoms with Gasteiger partial charge in [0.05, 0.1) is 35.7 Å². The number of hydrogen-bond acceptors (Lipinski definition) is 9. The maximum Gasteiger partial charge on any atom is 0.230 e. The Bertz CT molecular complexity index is 1190. The summed E-state index contributed by atoms with van der Waals surface area (Å²) in [5.74, 6) is 0.366. The lowest BCUT2D eigenvalue weighted by Crippen LogP contribution is -2.49. The van der Waals surface area contributed by atoms with E-state index in [9.17, 15) is 9.18 Å². The van der Waals surface area contributed by atoms with Crippen LogP contribution in [0.25, 0.3) is 22.6 Å². The van der Waals surface area contributed by atoms with Crippen LogP contribution in [0.4, 0.5) is 10.3 Å². The summed E-state index contributed by atoms with van der Waals surface area (Å²) in [6.07, 6.45) is 0.844. The molecule has 0 atom stereocenters. The molecule has 3 aromatic rings. The van der Waals surface area contributed by atoms with Gasteiger partial charge in [-0.3, -0.25) is 4.79 Å². The minimum Gasteiger partial charge on any atom is -0.354 e. The number of benzene rings is 1. The van der Waals surface area contributed by atoms with Crippen LogP contribution in [0.1, 0.15) is 19.0 Å². The average Bonchev–Trinajstić information content (AvgIpc) is 3.33. The third kappa shape index (κ3) is 6.46. The van der Waals surface area contributed by atoms with Gasteiger partial charge >= 0.3 is 0 Å². The molecule has 1 aliphatic heterocycles. The van der Waals surface area contributed by atoms with Crippen LogP contribution in [0.3, 0.4) is 0 Å². The Balaban J connectivity index is 1.60. The number of ether oxygens (including phenoxy) is 2. The number of hydrogen-bond donors (Lipinski definition) is 4. The second-order valence-corrected chi connectivity index (χ2v) is 9.41. The molecule has 0 unspecified atom stereocenters. The van der Waals surface area contributed by atoms with Crippen molar-refractivity contribution in [2.24, 2.45) is 11.1 Å². The highest BCUT2D eigenvalue weighted by atomic mass is 19.1. The van der Waals surface area contributed by atoms with E-state index in [1.165, 1.54) is 12.1 Å². The number of nitrogens with zero attached hydrogens (tertiary/aromatic N) is 4. The zero-order valence-electron chi connectivity index (χ0n) is 21.3. The minimum atomic E-state index is -0.847. The van der Waals surface area contributed by atoms with E-state index < -0.39 is 11.7 Å². The first kappa shape index (κ1) is 26.6. The van der Waals surface area contributed by atoms with Crippen molar-refractivity contribution in [2.45, 2.75) is 13.2 Å². The molecule has 12 heteroatoms. The van der Waals surface area contributed by atoms with Crippen molar-refractivity contribution >= 4 is 11.9 Å². The van der Waals surface area contributed by atoms with E-state index in [0.29, 0.717) is 54.1 Å². The quantitative estimate of drug-likeness (QED) is 0.320. The maximum atomic E-state index is 13.6. The van der Waals surface area contributed by atoms with Crippen molar-refractivity contribution in [2.75, 3.05) is 58.8 Å². The van der Waals surface area contributed by atoms with Gasteiger partial charge in [0.15, 0.2) is 5.82 Å². The van der Waals surface area contributed by atoms with Gasteiger partial charge in [0.1, 0.15) is 5.82 Å². The van der Waals surface area contributed by atoms with Gasteiger partial charge in [0, 0.05) is 37.9 Å². The number of nitrogens with two attached hydrogens (primary N) is 1. The molecule has 1 aliphatic rings. The number of aromatic nitrogens is 4. The largest absolute Gasteiger partial charge is 0.354 e. The van der Waals surface area contributed by atoms with E-state index in [1.807, 2.05) is 14.1 Å². The van der Waals surface area contributed by atoms with E-state index in [2.05, 4.69) is 30.5 Å². The maximum absolute atomic E-state index is 13.6. The molecule has 0 aliphatic carbocycles. The highest BCUT2D eigenvalue weighted by Gasteiger charge is 2.40.